The molecule has 2 aromatic carbocycles. The van der Waals surface area contributed by atoms with Crippen LogP contribution in [-0.4, -0.2) is 21.6 Å². The minimum atomic E-state index is -4.41. The summed E-state index contributed by atoms with van der Waals surface area (Å²) in [6, 6.07) is 9.96. The van der Waals surface area contributed by atoms with Gasteiger partial charge in [-0.2, -0.15) is 13.2 Å². The zero-order valence-electron chi connectivity index (χ0n) is 18.5. The average Bonchev–Trinajstić information content (AvgIpc) is 3.09. The van der Waals surface area contributed by atoms with Crippen LogP contribution in [0.5, 0.6) is 0 Å². The summed E-state index contributed by atoms with van der Waals surface area (Å²) in [6.45, 7) is 5.62. The monoisotopic (exact) mass is 441 g/mol. The highest BCUT2D eigenvalue weighted by Gasteiger charge is 2.39. The van der Waals surface area contributed by atoms with Gasteiger partial charge in [-0.25, -0.2) is 4.98 Å². The van der Waals surface area contributed by atoms with Gasteiger partial charge in [0, 0.05) is 25.0 Å². The number of rotatable bonds is 6. The Labute approximate surface area is 185 Å². The molecule has 1 amide bonds. The number of alkyl halides is 3. The first-order chi connectivity index (χ1) is 15.0. The number of hydrogen-bond acceptors (Lipinski definition) is 2. The Bertz CT molecular complexity index is 1130. The summed E-state index contributed by atoms with van der Waals surface area (Å²) in [7, 11) is 1.84. The van der Waals surface area contributed by atoms with Gasteiger partial charge in [-0.3, -0.25) is 4.79 Å². The molecule has 0 radical (unpaired) electrons. The van der Waals surface area contributed by atoms with Gasteiger partial charge in [0.2, 0.25) is 0 Å². The minimum absolute atomic E-state index is 0.216. The molecule has 32 heavy (non-hydrogen) atoms. The Morgan fingerprint density at radius 1 is 1.12 bits per heavy atom. The van der Waals surface area contributed by atoms with E-state index in [1.54, 1.807) is 63.5 Å². The Balaban J connectivity index is 1.78. The molecule has 0 bridgehead atoms. The Kier molecular flexibility index (Phi) is 6.87. The maximum absolute atomic E-state index is 13.7. The topological polar surface area (TPSA) is 46.9 Å². The van der Waals surface area contributed by atoms with Crippen molar-refractivity contribution < 1.29 is 18.0 Å². The molecule has 0 spiro atoms. The van der Waals surface area contributed by atoms with Gasteiger partial charge in [-0.05, 0) is 43.5 Å². The van der Waals surface area contributed by atoms with Crippen LogP contribution in [-0.2, 0) is 13.6 Å². The number of hydrogen-bond donors (Lipinski definition) is 1. The second-order valence-electron chi connectivity index (χ2n) is 8.01. The van der Waals surface area contributed by atoms with Gasteiger partial charge in [0.1, 0.15) is 5.82 Å². The van der Waals surface area contributed by atoms with E-state index in [0.717, 1.165) is 17.0 Å². The standard InChI is InChI=1S/C25H26F3N3O/c1-16-11-17(2)13-20(12-16)22(25(26,27)28)8-6-19-5-7-21(18(3)14-19)24(32)30-15-23-29-9-10-31(23)4/h5-14,22H,15H2,1-4H3,(H,30,32)/b8-6+. The molecule has 4 nitrogen and oxygen atoms in total. The molecular weight excluding hydrogens is 415 g/mol. The molecule has 1 unspecified atom stereocenters. The number of nitrogens with one attached hydrogen (secondary N) is 1. The van der Waals surface area contributed by atoms with Gasteiger partial charge >= 0.3 is 6.18 Å². The SMILES string of the molecule is Cc1cc(C)cc(C(/C=C/c2ccc(C(=O)NCc3nccn3C)c(C)c2)C(F)(F)F)c1. The molecule has 0 aliphatic carbocycles. The van der Waals surface area contributed by atoms with Crippen molar-refractivity contribution in [3.8, 4) is 0 Å². The molecule has 168 valence electrons. The van der Waals surface area contributed by atoms with Crippen molar-refractivity contribution in [2.75, 3.05) is 0 Å². The van der Waals surface area contributed by atoms with Crippen molar-refractivity contribution >= 4 is 12.0 Å². The fraction of sp³-hybridized carbons (Fsp3) is 0.280. The van der Waals surface area contributed by atoms with Crippen LogP contribution in [0.2, 0.25) is 0 Å². The first kappa shape index (κ1) is 23.3. The first-order valence-electron chi connectivity index (χ1n) is 10.2. The number of nitrogens with zero attached hydrogens (tertiary/aromatic N) is 2. The van der Waals surface area contributed by atoms with E-state index < -0.39 is 12.1 Å². The van der Waals surface area contributed by atoms with E-state index in [1.165, 1.54) is 12.2 Å². The van der Waals surface area contributed by atoms with Crippen molar-refractivity contribution in [1.29, 1.82) is 0 Å². The highest BCUT2D eigenvalue weighted by atomic mass is 19.4. The third-order valence-corrected chi connectivity index (χ3v) is 5.26. The van der Waals surface area contributed by atoms with Crippen LogP contribution >= 0.6 is 0 Å². The largest absolute Gasteiger partial charge is 0.399 e. The van der Waals surface area contributed by atoms with Crippen molar-refractivity contribution in [3.05, 3.63) is 94.1 Å². The minimum Gasteiger partial charge on any atom is -0.345 e. The lowest BCUT2D eigenvalue weighted by Crippen LogP contribution is -2.25. The lowest BCUT2D eigenvalue weighted by atomic mass is 9.93. The van der Waals surface area contributed by atoms with Crippen molar-refractivity contribution in [1.82, 2.24) is 14.9 Å². The van der Waals surface area contributed by atoms with E-state index in [2.05, 4.69) is 10.3 Å². The third-order valence-electron chi connectivity index (χ3n) is 5.26. The Morgan fingerprint density at radius 2 is 1.81 bits per heavy atom. The predicted octanol–water partition coefficient (Wildman–Crippen LogP) is 5.63. The molecule has 1 heterocycles. The van der Waals surface area contributed by atoms with Crippen molar-refractivity contribution in [3.63, 3.8) is 0 Å². The fourth-order valence-corrected chi connectivity index (χ4v) is 3.67. The molecule has 1 aromatic heterocycles. The summed E-state index contributed by atoms with van der Waals surface area (Å²) < 4.78 is 43.0. The first-order valence-corrected chi connectivity index (χ1v) is 10.2. The lowest BCUT2D eigenvalue weighted by molar-refractivity contribution is -0.139. The van der Waals surface area contributed by atoms with E-state index in [4.69, 9.17) is 0 Å². The molecule has 0 saturated heterocycles. The molecule has 3 aromatic rings. The molecule has 3 rings (SSSR count). The summed E-state index contributed by atoms with van der Waals surface area (Å²) >= 11 is 0. The Hall–Kier alpha value is -3.35. The molecule has 0 aliphatic rings. The number of imidazole rings is 1. The van der Waals surface area contributed by atoms with Crippen LogP contribution in [0.1, 0.15) is 49.9 Å². The van der Waals surface area contributed by atoms with E-state index in [0.29, 0.717) is 16.7 Å². The molecule has 7 heteroatoms. The van der Waals surface area contributed by atoms with Gasteiger partial charge in [-0.15, -0.1) is 0 Å². The number of carbonyl (C=O) groups excluding carboxylic acids is 1. The predicted molar refractivity (Wildman–Crippen MR) is 119 cm³/mol. The second kappa shape index (κ2) is 9.42. The number of aromatic nitrogens is 2. The number of amides is 1. The summed E-state index contributed by atoms with van der Waals surface area (Å²) in [5.41, 5.74) is 3.55. The summed E-state index contributed by atoms with van der Waals surface area (Å²) in [5.74, 6) is -1.24. The van der Waals surface area contributed by atoms with Gasteiger partial charge in [0.25, 0.3) is 5.91 Å². The number of carbonyl (C=O) groups is 1. The zero-order valence-corrected chi connectivity index (χ0v) is 18.5. The van der Waals surface area contributed by atoms with Crippen molar-refractivity contribution in [2.45, 2.75) is 39.4 Å². The molecule has 0 fully saturated rings. The van der Waals surface area contributed by atoms with Crippen LogP contribution in [0.15, 0.2) is 54.9 Å². The maximum atomic E-state index is 13.7. The van der Waals surface area contributed by atoms with Crippen LogP contribution < -0.4 is 5.32 Å². The summed E-state index contributed by atoms with van der Waals surface area (Å²) in [5, 5.41) is 2.82. The maximum Gasteiger partial charge on any atom is 0.399 e. The fourth-order valence-electron chi connectivity index (χ4n) is 3.67. The molecular formula is C25H26F3N3O. The molecule has 0 aliphatic heterocycles. The Morgan fingerprint density at radius 3 is 2.38 bits per heavy atom. The van der Waals surface area contributed by atoms with Crippen LogP contribution in [0.3, 0.4) is 0 Å². The van der Waals surface area contributed by atoms with E-state index in [-0.39, 0.29) is 18.0 Å². The molecule has 1 N–H and O–H groups in total. The zero-order chi connectivity index (χ0) is 23.5. The van der Waals surface area contributed by atoms with Crippen LogP contribution in [0, 0.1) is 20.8 Å². The lowest BCUT2D eigenvalue weighted by Gasteiger charge is -2.18. The number of aryl methyl sites for hydroxylation is 4. The second-order valence-corrected chi connectivity index (χ2v) is 8.01. The highest BCUT2D eigenvalue weighted by molar-refractivity contribution is 5.95. The van der Waals surface area contributed by atoms with Gasteiger partial charge in [0.05, 0.1) is 12.5 Å². The number of halogens is 3. The van der Waals surface area contributed by atoms with Crippen molar-refractivity contribution in [2.24, 2.45) is 7.05 Å². The summed E-state index contributed by atoms with van der Waals surface area (Å²) in [4.78, 5) is 16.7. The van der Waals surface area contributed by atoms with Gasteiger partial charge in [0.15, 0.2) is 0 Å². The van der Waals surface area contributed by atoms with E-state index in [9.17, 15) is 18.0 Å². The molecule has 0 saturated carbocycles. The highest BCUT2D eigenvalue weighted by Crippen LogP contribution is 2.37. The summed E-state index contributed by atoms with van der Waals surface area (Å²) in [6.07, 6.45) is 1.67. The van der Waals surface area contributed by atoms with Gasteiger partial charge < -0.3 is 9.88 Å². The quantitative estimate of drug-likeness (QED) is 0.539. The smallest absolute Gasteiger partial charge is 0.345 e. The number of benzene rings is 2. The third kappa shape index (κ3) is 5.66. The van der Waals surface area contributed by atoms with Crippen LogP contribution in [0.25, 0.3) is 6.08 Å². The number of allylic oxidation sites excluding steroid dienone is 1. The van der Waals surface area contributed by atoms with Gasteiger partial charge in [-0.1, -0.05) is 53.6 Å². The van der Waals surface area contributed by atoms with E-state index >= 15 is 0 Å². The van der Waals surface area contributed by atoms with Crippen LogP contribution in [0.4, 0.5) is 13.2 Å². The normalized spacial score (nSPS) is 12.8. The average molecular weight is 441 g/mol. The van der Waals surface area contributed by atoms with E-state index in [1.807, 2.05) is 17.7 Å². The molecule has 1 atom stereocenters.